The van der Waals surface area contributed by atoms with Crippen LogP contribution >= 0.6 is 0 Å². The molecule has 0 radical (unpaired) electrons. The molecule has 0 unspecified atom stereocenters. The predicted octanol–water partition coefficient (Wildman–Crippen LogP) is 0.0439. The number of carbonyl (C=O) groups excluding carboxylic acids is 1. The van der Waals surface area contributed by atoms with Crippen LogP contribution in [0.1, 0.15) is 5.56 Å². The van der Waals surface area contributed by atoms with Crippen molar-refractivity contribution in [3.63, 3.8) is 0 Å². The van der Waals surface area contributed by atoms with Gasteiger partial charge in [-0.15, -0.1) is 0 Å². The van der Waals surface area contributed by atoms with Crippen molar-refractivity contribution in [1.82, 2.24) is 9.47 Å². The number of likely N-dealkylation sites (N-methyl/N-ethyl adjacent to an activating group) is 1. The number of nitrogens with zero attached hydrogens (tertiary/aromatic N) is 2. The van der Waals surface area contributed by atoms with E-state index in [1.807, 2.05) is 6.92 Å². The topological polar surface area (TPSA) is 70.0 Å². The van der Waals surface area contributed by atoms with E-state index in [4.69, 9.17) is 14.2 Å². The van der Waals surface area contributed by atoms with Crippen LogP contribution in [0.3, 0.4) is 0 Å². The monoisotopic (exact) mass is 324 g/mol. The molecule has 128 valence electrons. The van der Waals surface area contributed by atoms with Crippen LogP contribution in [0.2, 0.25) is 0 Å². The second kappa shape index (κ2) is 7.72. The van der Waals surface area contributed by atoms with E-state index in [1.54, 1.807) is 38.4 Å². The molecule has 2 heterocycles. The number of aromatic nitrogens is 1. The first-order valence-electron chi connectivity index (χ1n) is 7.54. The Bertz CT molecular complexity index is 600. The Hall–Kier alpha value is -1.70. The smallest absolute Gasteiger partial charge is 0.251 e. The number of rotatable bonds is 5. The van der Waals surface area contributed by atoms with Crippen LogP contribution in [-0.2, 0) is 25.5 Å². The molecule has 0 aromatic carbocycles. The lowest BCUT2D eigenvalue weighted by atomic mass is 10.0. The van der Waals surface area contributed by atoms with E-state index in [0.717, 1.165) is 5.56 Å². The van der Waals surface area contributed by atoms with Gasteiger partial charge < -0.3 is 23.7 Å². The lowest BCUT2D eigenvalue weighted by molar-refractivity contribution is -0.165. The number of hydrogen-bond donors (Lipinski definition) is 0. The third-order valence-corrected chi connectivity index (χ3v) is 4.24. The molecule has 7 heteroatoms. The first kappa shape index (κ1) is 17.7. The highest BCUT2D eigenvalue weighted by molar-refractivity contribution is 5.76. The standard InChI is InChI=1S/C16H24N2O5/c1-11-5-6-18(14(19)7-11)8-15(20)17(2)12-9-23-10-13(21-3)16(12)22-4/h5-7,12-13,16H,8-10H2,1-4H3/t12-,13-,16+/m1/s1. The fraction of sp³-hybridized carbons (Fsp3) is 0.625. The van der Waals surface area contributed by atoms with Crippen molar-refractivity contribution in [1.29, 1.82) is 0 Å². The first-order valence-corrected chi connectivity index (χ1v) is 7.54. The molecule has 0 aliphatic carbocycles. The van der Waals surface area contributed by atoms with Gasteiger partial charge in [0.2, 0.25) is 5.91 Å². The highest BCUT2D eigenvalue weighted by Gasteiger charge is 2.38. The Morgan fingerprint density at radius 1 is 1.39 bits per heavy atom. The Morgan fingerprint density at radius 3 is 2.74 bits per heavy atom. The zero-order valence-electron chi connectivity index (χ0n) is 14.0. The van der Waals surface area contributed by atoms with Gasteiger partial charge in [0.1, 0.15) is 18.8 Å². The summed E-state index contributed by atoms with van der Waals surface area (Å²) in [4.78, 5) is 26.0. The quantitative estimate of drug-likeness (QED) is 0.765. The summed E-state index contributed by atoms with van der Waals surface area (Å²) in [6.07, 6.45) is 1.14. The van der Waals surface area contributed by atoms with Crippen LogP contribution in [-0.4, -0.2) is 68.1 Å². The number of hydrogen-bond acceptors (Lipinski definition) is 5. The number of amides is 1. The van der Waals surface area contributed by atoms with E-state index in [2.05, 4.69) is 0 Å². The second-order valence-electron chi connectivity index (χ2n) is 5.75. The largest absolute Gasteiger partial charge is 0.376 e. The number of ether oxygens (including phenoxy) is 3. The van der Waals surface area contributed by atoms with Gasteiger partial charge in [0.05, 0.1) is 19.3 Å². The molecule has 3 atom stereocenters. The van der Waals surface area contributed by atoms with Gasteiger partial charge in [0, 0.05) is 33.5 Å². The summed E-state index contributed by atoms with van der Waals surface area (Å²) in [6.45, 7) is 2.64. The van der Waals surface area contributed by atoms with E-state index in [1.165, 1.54) is 10.6 Å². The fourth-order valence-electron chi connectivity index (χ4n) is 2.77. The van der Waals surface area contributed by atoms with Crippen LogP contribution in [0.25, 0.3) is 0 Å². The molecule has 1 saturated heterocycles. The van der Waals surface area contributed by atoms with Crippen molar-refractivity contribution in [3.8, 4) is 0 Å². The zero-order valence-corrected chi connectivity index (χ0v) is 14.0. The molecule has 0 saturated carbocycles. The molecule has 23 heavy (non-hydrogen) atoms. The molecule has 1 aliphatic heterocycles. The van der Waals surface area contributed by atoms with Gasteiger partial charge in [-0.1, -0.05) is 0 Å². The molecule has 0 N–H and O–H groups in total. The van der Waals surface area contributed by atoms with Crippen LogP contribution in [0.15, 0.2) is 23.1 Å². The van der Waals surface area contributed by atoms with Crippen LogP contribution in [0, 0.1) is 6.92 Å². The van der Waals surface area contributed by atoms with Crippen LogP contribution < -0.4 is 5.56 Å². The molecule has 0 bridgehead atoms. The van der Waals surface area contributed by atoms with Crippen LogP contribution in [0.4, 0.5) is 0 Å². The molecule has 1 amide bonds. The third kappa shape index (κ3) is 3.99. The van der Waals surface area contributed by atoms with E-state index in [0.29, 0.717) is 13.2 Å². The maximum absolute atomic E-state index is 12.5. The maximum atomic E-state index is 12.5. The van der Waals surface area contributed by atoms with Crippen molar-refractivity contribution >= 4 is 5.91 Å². The van der Waals surface area contributed by atoms with E-state index in [-0.39, 0.29) is 36.3 Å². The van der Waals surface area contributed by atoms with Crippen molar-refractivity contribution < 1.29 is 19.0 Å². The first-order chi connectivity index (χ1) is 11.0. The summed E-state index contributed by atoms with van der Waals surface area (Å²) >= 11 is 0. The van der Waals surface area contributed by atoms with Gasteiger partial charge in [-0.3, -0.25) is 9.59 Å². The molecular weight excluding hydrogens is 300 g/mol. The molecule has 2 rings (SSSR count). The number of aryl methyl sites for hydroxylation is 1. The average Bonchev–Trinajstić information content (AvgIpc) is 2.55. The molecule has 1 aliphatic rings. The maximum Gasteiger partial charge on any atom is 0.251 e. The van der Waals surface area contributed by atoms with Gasteiger partial charge in [0.15, 0.2) is 0 Å². The summed E-state index contributed by atoms with van der Waals surface area (Å²) in [6, 6.07) is 3.06. The summed E-state index contributed by atoms with van der Waals surface area (Å²) in [5, 5.41) is 0. The van der Waals surface area contributed by atoms with E-state index >= 15 is 0 Å². The Balaban J connectivity index is 2.10. The number of carbonyl (C=O) groups is 1. The number of methoxy groups -OCH3 is 2. The van der Waals surface area contributed by atoms with Gasteiger partial charge >= 0.3 is 0 Å². The lowest BCUT2D eigenvalue weighted by Gasteiger charge is -2.40. The van der Waals surface area contributed by atoms with Gasteiger partial charge in [0.25, 0.3) is 5.56 Å². The highest BCUT2D eigenvalue weighted by Crippen LogP contribution is 2.19. The van der Waals surface area contributed by atoms with Crippen molar-refractivity contribution in [2.75, 3.05) is 34.5 Å². The SMILES string of the molecule is CO[C@H]1[C@H](N(C)C(=O)Cn2ccc(C)cc2=O)COC[C@H]1OC. The summed E-state index contributed by atoms with van der Waals surface area (Å²) in [7, 11) is 4.88. The Kier molecular flexibility index (Phi) is 5.92. The van der Waals surface area contributed by atoms with Crippen molar-refractivity contribution in [2.45, 2.75) is 31.7 Å². The third-order valence-electron chi connectivity index (χ3n) is 4.24. The molecule has 1 aromatic heterocycles. The normalized spacial score (nSPS) is 24.4. The molecular formula is C16H24N2O5. The van der Waals surface area contributed by atoms with Crippen LogP contribution in [0.5, 0.6) is 0 Å². The van der Waals surface area contributed by atoms with Gasteiger partial charge in [-0.2, -0.15) is 0 Å². The summed E-state index contributed by atoms with van der Waals surface area (Å²) < 4.78 is 17.8. The fourth-order valence-corrected chi connectivity index (χ4v) is 2.77. The minimum Gasteiger partial charge on any atom is -0.376 e. The second-order valence-corrected chi connectivity index (χ2v) is 5.75. The highest BCUT2D eigenvalue weighted by atomic mass is 16.6. The summed E-state index contributed by atoms with van der Waals surface area (Å²) in [5.74, 6) is -0.177. The zero-order chi connectivity index (χ0) is 17.0. The average molecular weight is 324 g/mol. The van der Waals surface area contributed by atoms with Gasteiger partial charge in [-0.05, 0) is 18.6 Å². The molecule has 7 nitrogen and oxygen atoms in total. The molecule has 1 fully saturated rings. The molecule has 0 spiro atoms. The predicted molar refractivity (Wildman–Crippen MR) is 84.4 cm³/mol. The Morgan fingerprint density at radius 2 is 2.13 bits per heavy atom. The van der Waals surface area contributed by atoms with Crippen molar-refractivity contribution in [2.24, 2.45) is 0 Å². The Labute approximate surface area is 135 Å². The van der Waals surface area contributed by atoms with E-state index in [9.17, 15) is 9.59 Å². The summed E-state index contributed by atoms with van der Waals surface area (Å²) in [5.41, 5.74) is 0.680. The van der Waals surface area contributed by atoms with Gasteiger partial charge in [-0.25, -0.2) is 0 Å². The van der Waals surface area contributed by atoms with Crippen molar-refractivity contribution in [3.05, 3.63) is 34.2 Å². The van der Waals surface area contributed by atoms with E-state index < -0.39 is 0 Å². The minimum absolute atomic E-state index is 0.0137. The number of pyridine rings is 1. The minimum atomic E-state index is -0.266. The lowest BCUT2D eigenvalue weighted by Crippen LogP contribution is -2.58. The molecule has 1 aromatic rings.